The molecule has 15 aromatic heterocycles. The van der Waals surface area contributed by atoms with E-state index in [0.717, 1.165) is 136 Å². The summed E-state index contributed by atoms with van der Waals surface area (Å²) >= 11 is 0. The zero-order chi connectivity index (χ0) is 109. The maximum Gasteiger partial charge on any atom is 0.214 e. The zero-order valence-electron chi connectivity index (χ0n) is 94.4. The first kappa shape index (κ1) is 119. The van der Waals surface area contributed by atoms with E-state index in [-0.39, 0.29) is 27.8 Å². The van der Waals surface area contributed by atoms with E-state index in [4.69, 9.17) is 26.2 Å². The molecule has 16 rings (SSSR count). The second-order valence-electron chi connectivity index (χ2n) is 43.3. The summed E-state index contributed by atoms with van der Waals surface area (Å²) in [6.45, 7) is 70.6. The van der Waals surface area contributed by atoms with Crippen LogP contribution in [-0.4, -0.2) is 117 Å². The van der Waals surface area contributed by atoms with E-state index in [0.29, 0.717) is 66.2 Å². The van der Waals surface area contributed by atoms with Crippen molar-refractivity contribution in [1.82, 2.24) is 104 Å². The average molecular weight is 1990 g/mol. The number of nitriles is 1. The number of rotatable bonds is 18. The number of aromatic amines is 1. The van der Waals surface area contributed by atoms with Crippen molar-refractivity contribution < 1.29 is 9.47 Å². The molecule has 147 heavy (non-hydrogen) atoms. The van der Waals surface area contributed by atoms with Crippen molar-refractivity contribution in [3.63, 3.8) is 0 Å². The summed E-state index contributed by atoms with van der Waals surface area (Å²) in [6, 6.07) is 51.8. The highest BCUT2D eigenvalue weighted by molar-refractivity contribution is 5.69. The molecular formula is C121H164N24O2. The fraction of sp³-hybridized carbons (Fsp3) is 0.413. The van der Waals surface area contributed by atoms with Crippen LogP contribution in [0, 0.1) is 45.9 Å². The van der Waals surface area contributed by atoms with Gasteiger partial charge in [-0.3, -0.25) is 58.7 Å². The van der Waals surface area contributed by atoms with Crippen LogP contribution in [0.4, 0.5) is 11.5 Å². The van der Waals surface area contributed by atoms with Crippen molar-refractivity contribution in [3.05, 3.63) is 324 Å². The van der Waals surface area contributed by atoms with Crippen LogP contribution < -0.4 is 20.9 Å². The molecule has 0 saturated heterocycles. The highest BCUT2D eigenvalue weighted by Gasteiger charge is 2.23. The summed E-state index contributed by atoms with van der Waals surface area (Å²) in [7, 11) is 5.46. The Morgan fingerprint density at radius 3 is 1.27 bits per heavy atom. The fourth-order valence-corrected chi connectivity index (χ4v) is 14.1. The van der Waals surface area contributed by atoms with E-state index in [9.17, 15) is 0 Å². The molecule has 5 N–H and O–H groups in total. The summed E-state index contributed by atoms with van der Waals surface area (Å²) in [5.41, 5.74) is 42.4. The molecule has 0 saturated carbocycles. The largest absolute Gasteiger partial charge is 0.495 e. The van der Waals surface area contributed by atoms with Crippen LogP contribution in [0.3, 0.4) is 0 Å². The Morgan fingerprint density at radius 1 is 0.381 bits per heavy atom. The number of aryl methyl sites for hydroxylation is 8. The van der Waals surface area contributed by atoms with Gasteiger partial charge in [-0.2, -0.15) is 30.8 Å². The number of H-pyrrole nitrogens is 1. The van der Waals surface area contributed by atoms with E-state index >= 15 is 0 Å². The van der Waals surface area contributed by atoms with Gasteiger partial charge in [-0.15, -0.1) is 0 Å². The molecule has 0 spiro atoms. The van der Waals surface area contributed by atoms with Crippen molar-refractivity contribution in [2.24, 2.45) is 14.1 Å². The second-order valence-corrected chi connectivity index (χ2v) is 43.3. The van der Waals surface area contributed by atoms with E-state index in [1.54, 1.807) is 41.4 Å². The third-order valence-corrected chi connectivity index (χ3v) is 22.8. The van der Waals surface area contributed by atoms with Gasteiger partial charge < -0.3 is 20.9 Å². The molecule has 0 aliphatic heterocycles. The number of aromatic nitrogens is 21. The van der Waals surface area contributed by atoms with E-state index in [1.165, 1.54) is 27.8 Å². The zero-order valence-corrected chi connectivity index (χ0v) is 94.4. The number of pyridine rings is 9. The first-order chi connectivity index (χ1) is 69.1. The Kier molecular flexibility index (Phi) is 45.6. The number of anilines is 2. The number of nitrogen functional groups attached to an aromatic ring is 2. The van der Waals surface area contributed by atoms with Crippen molar-refractivity contribution in [2.45, 2.75) is 311 Å². The predicted octanol–water partition coefficient (Wildman–Crippen LogP) is 28.7. The Hall–Kier alpha value is -14.6. The minimum absolute atomic E-state index is 0.0205. The van der Waals surface area contributed by atoms with Crippen LogP contribution in [0.25, 0.3) is 66.8 Å². The summed E-state index contributed by atoms with van der Waals surface area (Å²) in [6.07, 6.45) is 28.6. The van der Waals surface area contributed by atoms with Crippen LogP contribution in [0.1, 0.15) is 327 Å². The number of nitrogens with one attached hydrogen (secondary N) is 1. The third kappa shape index (κ3) is 40.4. The first-order valence-corrected chi connectivity index (χ1v) is 50.9. The summed E-state index contributed by atoms with van der Waals surface area (Å²) in [4.78, 5) is 47.8. The average Bonchev–Trinajstić information content (AvgIpc) is 1.65. The van der Waals surface area contributed by atoms with E-state index < -0.39 is 0 Å². The van der Waals surface area contributed by atoms with Gasteiger partial charge in [0.2, 0.25) is 5.88 Å². The number of ether oxygens (including phenoxy) is 2. The third-order valence-electron chi connectivity index (χ3n) is 22.8. The maximum absolute atomic E-state index is 8.61. The normalized spacial score (nSPS) is 11.2. The van der Waals surface area contributed by atoms with Crippen LogP contribution in [0.15, 0.2) is 239 Å². The van der Waals surface area contributed by atoms with Gasteiger partial charge in [-0.1, -0.05) is 209 Å². The Morgan fingerprint density at radius 2 is 0.844 bits per heavy atom. The topological polar surface area (TPSA) is 336 Å². The number of nitrogens with two attached hydrogens (primary N) is 2. The predicted molar refractivity (Wildman–Crippen MR) is 605 cm³/mol. The van der Waals surface area contributed by atoms with Gasteiger partial charge in [0.05, 0.1) is 87.0 Å². The molecule has 780 valence electrons. The molecule has 0 atom stereocenters. The van der Waals surface area contributed by atoms with Crippen molar-refractivity contribution >= 4 is 11.5 Å². The van der Waals surface area contributed by atoms with Crippen molar-refractivity contribution in [2.75, 3.05) is 18.6 Å². The van der Waals surface area contributed by atoms with Crippen LogP contribution in [0.5, 0.6) is 11.6 Å². The molecule has 26 nitrogen and oxygen atoms in total. The number of hydrogen-bond donors (Lipinski definition) is 3. The molecule has 1 aromatic carbocycles. The molecule has 0 unspecified atom stereocenters. The lowest BCUT2D eigenvalue weighted by Crippen LogP contribution is -2.15. The lowest BCUT2D eigenvalue weighted by molar-refractivity contribution is 0.231. The molecule has 0 bridgehead atoms. The Labute approximate surface area is 876 Å². The second kappa shape index (κ2) is 56.2. The molecule has 0 aliphatic rings. The van der Waals surface area contributed by atoms with Crippen molar-refractivity contribution in [1.29, 1.82) is 5.26 Å². The van der Waals surface area contributed by atoms with Gasteiger partial charge in [0.25, 0.3) is 0 Å². The first-order valence-electron chi connectivity index (χ1n) is 50.9. The van der Waals surface area contributed by atoms with Gasteiger partial charge in [-0.25, -0.2) is 19.9 Å². The minimum atomic E-state index is -0.0205. The maximum atomic E-state index is 8.61. The Balaban J connectivity index is 0.000000223. The van der Waals surface area contributed by atoms with E-state index in [1.807, 2.05) is 188 Å². The quantitative estimate of drug-likeness (QED) is 0.0718. The van der Waals surface area contributed by atoms with Gasteiger partial charge >= 0.3 is 0 Å². The fourth-order valence-electron chi connectivity index (χ4n) is 14.1. The van der Waals surface area contributed by atoms with Gasteiger partial charge in [0, 0.05) is 199 Å². The SMILES string of the molecule is CC(C)(C)c1ccncn1.CC(C)Oc1cc(-c2cnn(C)c2)cc(C(C)(C)C)n1.CC(C)c1cc(-c2cnn(C)c2)cc(N)n1.CC(C)c1ccc(-c2ccccc2)cn1.CC(C)c1ccc(N)cn1.COc1ccc(C(C)C)nc1.Cc1cc(-c2cn[nH]c2C)cc(C(C)C)n1.Cc1cc(-c2cnn(C(C)C)c2)cc(C(C)C)n1.Cc1cc(-c2cnn(CCC#N)c2)cc(C(C)(C)C)n1.Cc1ccc(C(C)(C)C)nc1. The summed E-state index contributed by atoms with van der Waals surface area (Å²) in [5, 5.41) is 32.7. The molecule has 0 radical (unpaired) electrons. The minimum Gasteiger partial charge on any atom is -0.495 e. The number of nitrogens with zero attached hydrogens (tertiary/aromatic N) is 21. The lowest BCUT2D eigenvalue weighted by atomic mass is 9.90. The standard InChI is InChI=1S/C16H20N4.C16H23N3O.C15H21N3.C14H15N.C13H17N3.C12H16N4.C10H15N.C9H13NO.2C8H12N2/c1-12-8-13(9-15(19-12)16(2,3)4)14-10-18-20(11-14)7-5-6-17;1-11(2)20-15-8-12(13-9-17-19(6)10-13)7-14(18-15)16(3,4)5;1-10(2)15-7-13(6-12(5)17-15)14-8-16-18(9-14)11(3)4;1-11(2)14-9-8-13(10-15-14)12-6-4-3-5-7-12;1-8(2)13-6-11(5-9(3)15-13)12-7-14-16-10(12)4;1-8(2)11-4-9(5-12(13)15-11)10-6-14-16(3)7-10;1-8-5-6-9(11-7-8)10(2,3)4;1-7(2)9-5-4-8(11-3)6-10-9;1-8(2,3)7-4-5-9-6-10-7;1-6(2)8-4-3-7(9)5-10-8/h8-11H,5,7H2,1-4H3;7-11H,1-6H3;6-11H,1-5H3;3-11H,1-2H3;5-8H,1-4H3,(H,14,16);4-8H,1-3H3,(H2,13,15);5-7H,1-4H3;4-7H,1-3H3;4-6H,1-3H3;3-6H,9H2,1-2H3. The van der Waals surface area contributed by atoms with E-state index in [2.05, 4.69) is 370 Å². The van der Waals surface area contributed by atoms with Crippen LogP contribution in [0.2, 0.25) is 0 Å². The smallest absolute Gasteiger partial charge is 0.214 e. The molecule has 26 heteroatoms. The molecule has 16 aromatic rings. The monoisotopic (exact) mass is 1990 g/mol. The van der Waals surface area contributed by atoms with Gasteiger partial charge in [0.15, 0.2) is 0 Å². The molecular weight excluding hydrogens is 1820 g/mol. The number of hydrogen-bond acceptors (Lipinski definition) is 21. The number of benzene rings is 1. The summed E-state index contributed by atoms with van der Waals surface area (Å²) < 4.78 is 18.1. The van der Waals surface area contributed by atoms with Crippen LogP contribution >= 0.6 is 0 Å². The van der Waals surface area contributed by atoms with Gasteiger partial charge in [-0.05, 0) is 234 Å². The van der Waals surface area contributed by atoms with Crippen LogP contribution in [-0.2, 0) is 42.3 Å². The van der Waals surface area contributed by atoms with Crippen molar-refractivity contribution in [3.8, 4) is 84.5 Å². The molecule has 0 amide bonds. The molecule has 0 aliphatic carbocycles. The van der Waals surface area contributed by atoms with Gasteiger partial charge in [0.1, 0.15) is 17.9 Å². The highest BCUT2D eigenvalue weighted by atomic mass is 16.5. The highest BCUT2D eigenvalue weighted by Crippen LogP contribution is 2.34. The molecule has 15 heterocycles. The molecule has 0 fully saturated rings. The summed E-state index contributed by atoms with van der Waals surface area (Å²) in [5.74, 6) is 4.79. The lowest BCUT2D eigenvalue weighted by Gasteiger charge is -2.20. The number of methoxy groups -OCH3 is 1. The Bertz CT molecular complexity index is 6650.